The van der Waals surface area contributed by atoms with Gasteiger partial charge in [0.25, 0.3) is 8.32 Å². The molecule has 0 saturated carbocycles. The summed E-state index contributed by atoms with van der Waals surface area (Å²) in [6.45, 7) is 7.00. The summed E-state index contributed by atoms with van der Waals surface area (Å²) >= 11 is 0. The minimum atomic E-state index is -3.49. The smallest absolute Gasteiger partial charge is 0.261 e. The van der Waals surface area contributed by atoms with E-state index in [-0.39, 0.29) is 11.1 Å². The molecule has 0 amide bonds. The molecule has 0 N–H and O–H groups in total. The van der Waals surface area contributed by atoms with Crippen LogP contribution in [0.1, 0.15) is 27.2 Å². The SMILES string of the molecule is CC(C)(C)[Si](OC[C@@H]1C[C@H](S(=O)(=O)c2ccccc2)C=CO1)(c1ccccc1)c1ccccc1. The first-order valence-electron chi connectivity index (χ1n) is 11.6. The molecule has 6 heteroatoms. The molecule has 34 heavy (non-hydrogen) atoms. The lowest BCUT2D eigenvalue weighted by Crippen LogP contribution is -2.67. The van der Waals surface area contributed by atoms with Crippen molar-refractivity contribution in [2.45, 2.75) is 48.5 Å². The molecule has 4 nitrogen and oxygen atoms in total. The van der Waals surface area contributed by atoms with Crippen LogP contribution in [0, 0.1) is 0 Å². The third-order valence-corrected chi connectivity index (χ3v) is 13.5. The largest absolute Gasteiger partial charge is 0.496 e. The molecular formula is C28H32O4SSi. The topological polar surface area (TPSA) is 52.6 Å². The Morgan fingerprint density at radius 1 is 0.853 bits per heavy atom. The van der Waals surface area contributed by atoms with Gasteiger partial charge in [0, 0.05) is 6.42 Å². The van der Waals surface area contributed by atoms with Gasteiger partial charge in [-0.25, -0.2) is 8.42 Å². The minimum absolute atomic E-state index is 0.157. The monoisotopic (exact) mass is 492 g/mol. The zero-order valence-electron chi connectivity index (χ0n) is 19.9. The normalized spacial score (nSPS) is 18.9. The maximum absolute atomic E-state index is 13.2. The molecule has 4 rings (SSSR count). The van der Waals surface area contributed by atoms with Crippen LogP contribution in [0.3, 0.4) is 0 Å². The first kappa shape index (κ1) is 24.5. The second kappa shape index (κ2) is 9.90. The summed E-state index contributed by atoms with van der Waals surface area (Å²) in [5, 5.41) is 1.58. The summed E-state index contributed by atoms with van der Waals surface area (Å²) in [5.74, 6) is 0. The standard InChI is InChI=1S/C28H32O4SSi/c1-28(2,3)34(26-15-9-5-10-16-26,27-17-11-6-12-18-27)32-22-23-21-25(19-20-31-23)33(29,30)24-13-7-4-8-14-24/h4-20,23,25H,21-22H2,1-3H3/t23-,25+/m0/s1. The zero-order valence-corrected chi connectivity index (χ0v) is 21.7. The van der Waals surface area contributed by atoms with E-state index in [1.165, 1.54) is 16.6 Å². The van der Waals surface area contributed by atoms with Gasteiger partial charge in [0.15, 0.2) is 9.84 Å². The number of sulfone groups is 1. The van der Waals surface area contributed by atoms with Crippen molar-refractivity contribution in [1.82, 2.24) is 0 Å². The molecule has 0 radical (unpaired) electrons. The van der Waals surface area contributed by atoms with Gasteiger partial charge >= 0.3 is 0 Å². The lowest BCUT2D eigenvalue weighted by molar-refractivity contribution is 0.0700. The highest BCUT2D eigenvalue weighted by atomic mass is 32.2. The molecule has 0 aliphatic carbocycles. The Morgan fingerprint density at radius 3 is 1.85 bits per heavy atom. The predicted molar refractivity (Wildman–Crippen MR) is 140 cm³/mol. The first-order valence-corrected chi connectivity index (χ1v) is 15.1. The summed E-state index contributed by atoms with van der Waals surface area (Å²) in [5.41, 5.74) is 0. The van der Waals surface area contributed by atoms with Crippen molar-refractivity contribution in [3.8, 4) is 0 Å². The third-order valence-electron chi connectivity index (χ3n) is 6.43. The Kier molecular flexibility index (Phi) is 7.12. The van der Waals surface area contributed by atoms with E-state index >= 15 is 0 Å². The summed E-state index contributed by atoms with van der Waals surface area (Å²) < 4.78 is 39.2. The van der Waals surface area contributed by atoms with Crippen LogP contribution >= 0.6 is 0 Å². The molecule has 0 unspecified atom stereocenters. The van der Waals surface area contributed by atoms with Gasteiger partial charge < -0.3 is 9.16 Å². The van der Waals surface area contributed by atoms with Gasteiger partial charge in [-0.2, -0.15) is 0 Å². The summed E-state index contributed by atoms with van der Waals surface area (Å²) in [4.78, 5) is 0.332. The van der Waals surface area contributed by atoms with Gasteiger partial charge in [-0.15, -0.1) is 0 Å². The van der Waals surface area contributed by atoms with Crippen molar-refractivity contribution in [3.05, 3.63) is 103 Å². The van der Waals surface area contributed by atoms with Gasteiger partial charge in [-0.3, -0.25) is 0 Å². The van der Waals surface area contributed by atoms with E-state index in [1.807, 2.05) is 18.2 Å². The quantitative estimate of drug-likeness (QED) is 0.448. The Balaban J connectivity index is 1.63. The molecular weight excluding hydrogens is 460 g/mol. The first-order chi connectivity index (χ1) is 16.2. The summed E-state index contributed by atoms with van der Waals surface area (Å²) in [6.07, 6.45) is 3.16. The number of hydrogen-bond donors (Lipinski definition) is 0. The van der Waals surface area contributed by atoms with E-state index in [2.05, 4.69) is 69.3 Å². The van der Waals surface area contributed by atoms with E-state index < -0.39 is 23.4 Å². The Labute approximate surface area is 204 Å². The van der Waals surface area contributed by atoms with Gasteiger partial charge in [-0.05, 0) is 33.6 Å². The van der Waals surface area contributed by atoms with E-state index in [9.17, 15) is 8.42 Å². The van der Waals surface area contributed by atoms with Crippen molar-refractivity contribution in [1.29, 1.82) is 0 Å². The van der Waals surface area contributed by atoms with Crippen LogP contribution < -0.4 is 10.4 Å². The van der Waals surface area contributed by atoms with Crippen molar-refractivity contribution in [3.63, 3.8) is 0 Å². The van der Waals surface area contributed by atoms with Crippen molar-refractivity contribution in [2.24, 2.45) is 0 Å². The van der Waals surface area contributed by atoms with E-state index in [0.717, 1.165) is 0 Å². The number of benzene rings is 3. The highest BCUT2D eigenvalue weighted by Gasteiger charge is 2.50. The molecule has 0 fully saturated rings. The fraction of sp³-hybridized carbons (Fsp3) is 0.286. The molecule has 0 saturated heterocycles. The van der Waals surface area contributed by atoms with Crippen LogP contribution in [0.25, 0.3) is 0 Å². The van der Waals surface area contributed by atoms with Crippen LogP contribution in [0.5, 0.6) is 0 Å². The van der Waals surface area contributed by atoms with Gasteiger partial charge in [0.1, 0.15) is 6.10 Å². The molecule has 3 aromatic carbocycles. The molecule has 0 spiro atoms. The molecule has 178 valence electrons. The van der Waals surface area contributed by atoms with E-state index in [1.54, 1.807) is 30.3 Å². The highest BCUT2D eigenvalue weighted by molar-refractivity contribution is 7.92. The van der Waals surface area contributed by atoms with E-state index in [0.29, 0.717) is 17.9 Å². The molecule has 1 aliphatic heterocycles. The fourth-order valence-corrected chi connectivity index (χ4v) is 11.0. The Morgan fingerprint density at radius 2 is 1.35 bits per heavy atom. The van der Waals surface area contributed by atoms with Crippen LogP contribution in [0.4, 0.5) is 0 Å². The van der Waals surface area contributed by atoms with Crippen LogP contribution in [-0.2, 0) is 19.0 Å². The predicted octanol–water partition coefficient (Wildman–Crippen LogP) is 4.71. The lowest BCUT2D eigenvalue weighted by Gasteiger charge is -2.43. The summed E-state index contributed by atoms with van der Waals surface area (Å²) in [6, 6.07) is 29.4. The maximum atomic E-state index is 13.2. The fourth-order valence-electron chi connectivity index (χ4n) is 4.74. The van der Waals surface area contributed by atoms with Gasteiger partial charge in [0.2, 0.25) is 0 Å². The lowest BCUT2D eigenvalue weighted by atomic mass is 10.2. The average Bonchev–Trinajstić information content (AvgIpc) is 2.86. The van der Waals surface area contributed by atoms with Crippen molar-refractivity contribution < 1.29 is 17.6 Å². The molecule has 2 atom stereocenters. The molecule has 3 aromatic rings. The minimum Gasteiger partial charge on any atom is -0.496 e. The van der Waals surface area contributed by atoms with Crippen LogP contribution in [0.15, 0.2) is 108 Å². The number of ether oxygens (including phenoxy) is 1. The second-order valence-corrected chi connectivity index (χ2v) is 16.2. The molecule has 0 aromatic heterocycles. The third kappa shape index (κ3) is 4.76. The highest BCUT2D eigenvalue weighted by Crippen LogP contribution is 2.37. The van der Waals surface area contributed by atoms with Crippen LogP contribution in [-0.4, -0.2) is 34.7 Å². The Hall–Kier alpha value is -2.67. The van der Waals surface area contributed by atoms with Crippen LogP contribution in [0.2, 0.25) is 5.04 Å². The average molecular weight is 493 g/mol. The number of hydrogen-bond acceptors (Lipinski definition) is 4. The van der Waals surface area contributed by atoms with Crippen molar-refractivity contribution >= 4 is 28.5 Å². The van der Waals surface area contributed by atoms with E-state index in [4.69, 9.17) is 9.16 Å². The van der Waals surface area contributed by atoms with Gasteiger partial charge in [0.05, 0.1) is 23.0 Å². The molecule has 1 heterocycles. The molecule has 0 bridgehead atoms. The molecule has 1 aliphatic rings. The summed E-state index contributed by atoms with van der Waals surface area (Å²) in [7, 11) is -6.21. The Bertz CT molecular complexity index is 1160. The maximum Gasteiger partial charge on any atom is 0.261 e. The number of rotatable bonds is 7. The second-order valence-electron chi connectivity index (χ2n) is 9.69. The van der Waals surface area contributed by atoms with Gasteiger partial charge in [-0.1, -0.05) is 99.6 Å². The van der Waals surface area contributed by atoms with Crippen molar-refractivity contribution in [2.75, 3.05) is 6.61 Å². The zero-order chi connectivity index (χ0) is 24.2.